The zero-order chi connectivity index (χ0) is 7.72. The van der Waals surface area contributed by atoms with Gasteiger partial charge in [-0.15, -0.1) is 0 Å². The van der Waals surface area contributed by atoms with E-state index in [-0.39, 0.29) is 10.2 Å². The van der Waals surface area contributed by atoms with Crippen LogP contribution in [0, 0.1) is 5.82 Å². The summed E-state index contributed by atoms with van der Waals surface area (Å²) in [4.78, 5) is 0. The Labute approximate surface area is 65.1 Å². The largest absolute Gasteiger partial charge is 0.507 e. The molecular weight excluding hydrogens is 203 g/mol. The fourth-order valence-electron chi connectivity index (χ4n) is 0.529. The number of aromatic hydroxyl groups is 2. The van der Waals surface area contributed by atoms with Gasteiger partial charge in [-0.1, -0.05) is 0 Å². The van der Waals surface area contributed by atoms with Crippen LogP contribution in [0.5, 0.6) is 11.5 Å². The number of phenols is 2. The minimum Gasteiger partial charge on any atom is -0.507 e. The second kappa shape index (κ2) is 2.46. The minimum atomic E-state index is -0.847. The fraction of sp³-hybridized carbons (Fsp3) is 0. The average Bonchev–Trinajstić information content (AvgIpc) is 1.93. The smallest absolute Gasteiger partial charge is 0.182 e. The summed E-state index contributed by atoms with van der Waals surface area (Å²) < 4.78 is 12.4. The standard InChI is InChI=1S/C6H4BrFO2/c7-5-3(9)1-2-4(10)6(5)8/h1-2,9-10H. The summed E-state index contributed by atoms with van der Waals surface area (Å²) in [5.74, 6) is -1.56. The van der Waals surface area contributed by atoms with E-state index in [0.717, 1.165) is 6.07 Å². The van der Waals surface area contributed by atoms with E-state index < -0.39 is 11.6 Å². The maximum absolute atomic E-state index is 12.5. The molecule has 0 heterocycles. The van der Waals surface area contributed by atoms with E-state index in [2.05, 4.69) is 15.9 Å². The molecule has 0 aliphatic rings. The van der Waals surface area contributed by atoms with Crippen LogP contribution in [0.2, 0.25) is 0 Å². The fourth-order valence-corrected chi connectivity index (χ4v) is 0.864. The van der Waals surface area contributed by atoms with Gasteiger partial charge in [0.25, 0.3) is 0 Å². The summed E-state index contributed by atoms with van der Waals surface area (Å²) in [6.45, 7) is 0. The van der Waals surface area contributed by atoms with E-state index in [0.29, 0.717) is 0 Å². The lowest BCUT2D eigenvalue weighted by Crippen LogP contribution is -1.78. The molecule has 2 N–H and O–H groups in total. The third-order valence-electron chi connectivity index (χ3n) is 1.04. The van der Waals surface area contributed by atoms with Crippen molar-refractivity contribution >= 4 is 15.9 Å². The summed E-state index contributed by atoms with van der Waals surface area (Å²) in [5, 5.41) is 17.5. The zero-order valence-electron chi connectivity index (χ0n) is 4.81. The molecule has 0 aliphatic heterocycles. The highest BCUT2D eigenvalue weighted by Crippen LogP contribution is 2.31. The van der Waals surface area contributed by atoms with Crippen molar-refractivity contribution in [3.63, 3.8) is 0 Å². The van der Waals surface area contributed by atoms with Crippen molar-refractivity contribution in [3.05, 3.63) is 22.4 Å². The van der Waals surface area contributed by atoms with E-state index in [1.165, 1.54) is 6.07 Å². The predicted octanol–water partition coefficient (Wildman–Crippen LogP) is 2.00. The first-order chi connectivity index (χ1) is 4.63. The van der Waals surface area contributed by atoms with Gasteiger partial charge in [0.15, 0.2) is 11.6 Å². The van der Waals surface area contributed by atoms with Crippen LogP contribution in [0.25, 0.3) is 0 Å². The van der Waals surface area contributed by atoms with Gasteiger partial charge < -0.3 is 10.2 Å². The molecule has 0 unspecified atom stereocenters. The third kappa shape index (κ3) is 1.07. The number of halogens is 2. The maximum Gasteiger partial charge on any atom is 0.182 e. The summed E-state index contributed by atoms with van der Waals surface area (Å²) in [5.41, 5.74) is 0. The zero-order valence-corrected chi connectivity index (χ0v) is 6.39. The van der Waals surface area contributed by atoms with Gasteiger partial charge in [-0.3, -0.25) is 0 Å². The van der Waals surface area contributed by atoms with E-state index in [1.807, 2.05) is 0 Å². The Balaban J connectivity index is 3.34. The van der Waals surface area contributed by atoms with Crippen molar-refractivity contribution in [2.75, 3.05) is 0 Å². The first-order valence-electron chi connectivity index (χ1n) is 2.49. The van der Waals surface area contributed by atoms with Crippen molar-refractivity contribution in [2.24, 2.45) is 0 Å². The number of benzene rings is 1. The van der Waals surface area contributed by atoms with Gasteiger partial charge in [0.05, 0.1) is 4.47 Å². The SMILES string of the molecule is Oc1ccc(O)c(Br)c1F. The number of hydrogen-bond acceptors (Lipinski definition) is 2. The molecule has 0 saturated heterocycles. The first kappa shape index (κ1) is 7.34. The Morgan fingerprint density at radius 3 is 2.20 bits per heavy atom. The van der Waals surface area contributed by atoms with Gasteiger partial charge in [-0.25, -0.2) is 4.39 Å². The number of rotatable bonds is 0. The molecule has 0 spiro atoms. The third-order valence-corrected chi connectivity index (χ3v) is 1.80. The minimum absolute atomic E-state index is 0.118. The van der Waals surface area contributed by atoms with E-state index in [4.69, 9.17) is 10.2 Å². The van der Waals surface area contributed by atoms with Gasteiger partial charge in [0.1, 0.15) is 5.75 Å². The Morgan fingerprint density at radius 1 is 1.20 bits per heavy atom. The quantitative estimate of drug-likeness (QED) is 0.638. The summed E-state index contributed by atoms with van der Waals surface area (Å²) >= 11 is 2.74. The number of hydrogen-bond donors (Lipinski definition) is 2. The lowest BCUT2D eigenvalue weighted by molar-refractivity contribution is 0.417. The van der Waals surface area contributed by atoms with Gasteiger partial charge in [0.2, 0.25) is 0 Å². The molecule has 1 aromatic rings. The van der Waals surface area contributed by atoms with E-state index >= 15 is 0 Å². The summed E-state index contributed by atoms with van der Waals surface area (Å²) in [7, 11) is 0. The van der Waals surface area contributed by atoms with Gasteiger partial charge in [0, 0.05) is 0 Å². The van der Waals surface area contributed by atoms with Crippen molar-refractivity contribution < 1.29 is 14.6 Å². The maximum atomic E-state index is 12.5. The Hall–Kier alpha value is -0.770. The van der Waals surface area contributed by atoms with Gasteiger partial charge in [-0.2, -0.15) is 0 Å². The Morgan fingerprint density at radius 2 is 1.70 bits per heavy atom. The van der Waals surface area contributed by atoms with E-state index in [9.17, 15) is 4.39 Å². The van der Waals surface area contributed by atoms with Crippen molar-refractivity contribution in [1.29, 1.82) is 0 Å². The summed E-state index contributed by atoms with van der Waals surface area (Å²) in [6.07, 6.45) is 0. The van der Waals surface area contributed by atoms with Crippen LogP contribution in [0.1, 0.15) is 0 Å². The molecule has 0 amide bonds. The van der Waals surface area contributed by atoms with Crippen LogP contribution < -0.4 is 0 Å². The number of phenolic OH excluding ortho intramolecular Hbond substituents is 2. The van der Waals surface area contributed by atoms with Crippen LogP contribution in [-0.4, -0.2) is 10.2 Å². The molecule has 0 fully saturated rings. The molecule has 4 heteroatoms. The highest BCUT2D eigenvalue weighted by molar-refractivity contribution is 9.10. The molecule has 0 atom stereocenters. The van der Waals surface area contributed by atoms with Crippen molar-refractivity contribution in [3.8, 4) is 11.5 Å². The molecule has 0 aromatic heterocycles. The van der Waals surface area contributed by atoms with Crippen LogP contribution >= 0.6 is 15.9 Å². The highest BCUT2D eigenvalue weighted by atomic mass is 79.9. The molecule has 1 aromatic carbocycles. The molecule has 0 aliphatic carbocycles. The lowest BCUT2D eigenvalue weighted by Gasteiger charge is -1.98. The van der Waals surface area contributed by atoms with Gasteiger partial charge >= 0.3 is 0 Å². The molecule has 0 radical (unpaired) electrons. The normalized spacial score (nSPS) is 9.80. The Kier molecular flexibility index (Phi) is 1.80. The molecule has 0 saturated carbocycles. The second-order valence-corrected chi connectivity index (χ2v) is 2.52. The van der Waals surface area contributed by atoms with Crippen LogP contribution in [-0.2, 0) is 0 Å². The van der Waals surface area contributed by atoms with Crippen LogP contribution in [0.3, 0.4) is 0 Å². The molecular formula is C6H4BrFO2. The van der Waals surface area contributed by atoms with Gasteiger partial charge in [-0.05, 0) is 28.1 Å². The molecule has 10 heavy (non-hydrogen) atoms. The van der Waals surface area contributed by atoms with Crippen molar-refractivity contribution in [2.45, 2.75) is 0 Å². The Bertz CT molecular complexity index is 235. The van der Waals surface area contributed by atoms with Crippen molar-refractivity contribution in [1.82, 2.24) is 0 Å². The summed E-state index contributed by atoms with van der Waals surface area (Å²) in [6, 6.07) is 2.28. The second-order valence-electron chi connectivity index (χ2n) is 1.73. The average molecular weight is 207 g/mol. The molecule has 1 rings (SSSR count). The lowest BCUT2D eigenvalue weighted by atomic mass is 10.3. The molecule has 2 nitrogen and oxygen atoms in total. The molecule has 0 bridgehead atoms. The highest BCUT2D eigenvalue weighted by Gasteiger charge is 2.08. The molecule has 54 valence electrons. The van der Waals surface area contributed by atoms with Crippen LogP contribution in [0.4, 0.5) is 4.39 Å². The monoisotopic (exact) mass is 206 g/mol. The first-order valence-corrected chi connectivity index (χ1v) is 3.28. The topological polar surface area (TPSA) is 40.5 Å². The predicted molar refractivity (Wildman–Crippen MR) is 37.4 cm³/mol. The van der Waals surface area contributed by atoms with Crippen LogP contribution in [0.15, 0.2) is 16.6 Å². The van der Waals surface area contributed by atoms with E-state index in [1.54, 1.807) is 0 Å².